The summed E-state index contributed by atoms with van der Waals surface area (Å²) in [6.07, 6.45) is -4.68. The first-order chi connectivity index (χ1) is 16.8. The molecular formula is C23H34O13. The highest BCUT2D eigenvalue weighted by atomic mass is 17.4. The van der Waals surface area contributed by atoms with Crippen LogP contribution >= 0.6 is 0 Å². The van der Waals surface area contributed by atoms with Gasteiger partial charge in [0.2, 0.25) is 25.2 Å². The average molecular weight is 519 g/mol. The molecule has 0 aromatic carbocycles. The number of esters is 2. The summed E-state index contributed by atoms with van der Waals surface area (Å²) in [5.74, 6) is -0.782. The molecule has 0 aromatic heterocycles. The fraction of sp³-hybridized carbons (Fsp3) is 0.696. The van der Waals surface area contributed by atoms with Crippen molar-refractivity contribution in [2.24, 2.45) is 11.8 Å². The molecule has 0 aromatic rings. The van der Waals surface area contributed by atoms with Crippen LogP contribution in [0.15, 0.2) is 23.0 Å². The van der Waals surface area contributed by atoms with Crippen molar-refractivity contribution in [3.63, 3.8) is 0 Å². The van der Waals surface area contributed by atoms with E-state index in [0.717, 1.165) is 0 Å². The molecule has 2 heterocycles. The molecule has 0 N–H and O–H groups in total. The molecule has 0 amide bonds. The van der Waals surface area contributed by atoms with Crippen molar-refractivity contribution in [3.8, 4) is 0 Å². The van der Waals surface area contributed by atoms with Crippen LogP contribution in [0.5, 0.6) is 0 Å². The highest BCUT2D eigenvalue weighted by Gasteiger charge is 2.34. The lowest BCUT2D eigenvalue weighted by atomic mass is 10.0. The Bertz CT molecular complexity index is 780. The van der Waals surface area contributed by atoms with Gasteiger partial charge < -0.3 is 28.4 Å². The molecule has 0 bridgehead atoms. The first-order valence-electron chi connectivity index (χ1n) is 11.6. The Kier molecular flexibility index (Phi) is 10.7. The number of carbonyl (C=O) groups is 3. The lowest BCUT2D eigenvalue weighted by Gasteiger charge is -2.22. The zero-order valence-electron chi connectivity index (χ0n) is 21.7. The predicted molar refractivity (Wildman–Crippen MR) is 117 cm³/mol. The molecule has 2 aliphatic rings. The topological polar surface area (TPSA) is 157 Å². The zero-order chi connectivity index (χ0) is 27.0. The molecule has 0 aliphatic carbocycles. The fourth-order valence-corrected chi connectivity index (χ4v) is 2.95. The third-order valence-electron chi connectivity index (χ3n) is 4.38. The summed E-state index contributed by atoms with van der Waals surface area (Å²) in [5.41, 5.74) is 0.498. The molecule has 13 nitrogen and oxygen atoms in total. The predicted octanol–water partition coefficient (Wildman–Crippen LogP) is 4.08. The summed E-state index contributed by atoms with van der Waals surface area (Å²) in [5, 5.41) is 0. The van der Waals surface area contributed by atoms with E-state index in [0.29, 0.717) is 12.8 Å². The summed E-state index contributed by atoms with van der Waals surface area (Å²) < 4.78 is 31.0. The minimum atomic E-state index is -1.12. The Balaban J connectivity index is 1.71. The SMILES string of the molecule is CC(C)CC(C(=O)OC(C)OC(C)OC(=O)OC(C)OC(C)OC(=O)C(CC(C)C)=C1OO1)=C1OO1. The van der Waals surface area contributed by atoms with E-state index in [1.165, 1.54) is 27.7 Å². The summed E-state index contributed by atoms with van der Waals surface area (Å²) in [7, 11) is 0. The first-order valence-corrected chi connectivity index (χ1v) is 11.6. The Hall–Kier alpha value is -3.19. The van der Waals surface area contributed by atoms with E-state index in [1.807, 2.05) is 27.7 Å². The molecule has 4 unspecified atom stereocenters. The molecule has 13 heteroatoms. The zero-order valence-corrected chi connectivity index (χ0v) is 21.7. The second-order valence-electron chi connectivity index (χ2n) is 8.90. The second-order valence-corrected chi connectivity index (χ2v) is 8.90. The van der Waals surface area contributed by atoms with Crippen molar-refractivity contribution in [2.45, 2.75) is 93.4 Å². The number of carbonyl (C=O) groups excluding carboxylic acids is 3. The van der Waals surface area contributed by atoms with E-state index in [4.69, 9.17) is 28.4 Å². The van der Waals surface area contributed by atoms with Gasteiger partial charge in [-0.2, -0.15) is 0 Å². The monoisotopic (exact) mass is 518 g/mol. The van der Waals surface area contributed by atoms with Crippen LogP contribution in [0.1, 0.15) is 68.2 Å². The molecule has 4 atom stereocenters. The summed E-state index contributed by atoms with van der Waals surface area (Å²) in [6, 6.07) is 0. The summed E-state index contributed by atoms with van der Waals surface area (Å²) >= 11 is 0. The van der Waals surface area contributed by atoms with Gasteiger partial charge in [0.25, 0.3) is 0 Å². The van der Waals surface area contributed by atoms with Crippen LogP contribution in [0.4, 0.5) is 4.79 Å². The normalized spacial score (nSPS) is 16.8. The number of rotatable bonds is 14. The minimum absolute atomic E-state index is 0.115. The van der Waals surface area contributed by atoms with Gasteiger partial charge in [-0.3, -0.25) is 0 Å². The number of hydrogen-bond donors (Lipinski definition) is 0. The Morgan fingerprint density at radius 1 is 0.556 bits per heavy atom. The Morgan fingerprint density at radius 3 is 1.14 bits per heavy atom. The van der Waals surface area contributed by atoms with Gasteiger partial charge in [0.1, 0.15) is 11.1 Å². The van der Waals surface area contributed by atoms with Crippen molar-refractivity contribution in [1.29, 1.82) is 0 Å². The molecule has 0 spiro atoms. The van der Waals surface area contributed by atoms with Crippen LogP contribution in [-0.4, -0.2) is 43.3 Å². The maximum absolute atomic E-state index is 12.3. The van der Waals surface area contributed by atoms with Gasteiger partial charge in [0.15, 0.2) is 0 Å². The van der Waals surface area contributed by atoms with E-state index in [-0.39, 0.29) is 34.9 Å². The number of ether oxygens (including phenoxy) is 6. The third kappa shape index (κ3) is 10.6. The van der Waals surface area contributed by atoms with Crippen LogP contribution in [0.3, 0.4) is 0 Å². The van der Waals surface area contributed by atoms with Crippen molar-refractivity contribution in [3.05, 3.63) is 23.0 Å². The van der Waals surface area contributed by atoms with Crippen molar-refractivity contribution in [1.82, 2.24) is 0 Å². The largest absolute Gasteiger partial charge is 0.512 e. The van der Waals surface area contributed by atoms with Crippen LogP contribution in [0, 0.1) is 11.8 Å². The fourth-order valence-electron chi connectivity index (χ4n) is 2.95. The Labute approximate surface area is 209 Å². The summed E-state index contributed by atoms with van der Waals surface area (Å²) in [4.78, 5) is 55.2. The smallest absolute Gasteiger partial charge is 0.432 e. The lowest BCUT2D eigenvalue weighted by Crippen LogP contribution is -2.30. The summed E-state index contributed by atoms with van der Waals surface area (Å²) in [6.45, 7) is 13.4. The van der Waals surface area contributed by atoms with Crippen LogP contribution in [0.2, 0.25) is 0 Å². The van der Waals surface area contributed by atoms with Gasteiger partial charge in [0, 0.05) is 0 Å². The quantitative estimate of drug-likeness (QED) is 0.0809. The third-order valence-corrected chi connectivity index (χ3v) is 4.38. The van der Waals surface area contributed by atoms with Crippen molar-refractivity contribution >= 4 is 18.1 Å². The molecule has 0 saturated carbocycles. The average Bonchev–Trinajstić information content (AvgIpc) is 3.62. The van der Waals surface area contributed by atoms with E-state index in [1.54, 1.807) is 0 Å². The highest BCUT2D eigenvalue weighted by molar-refractivity contribution is 5.89. The van der Waals surface area contributed by atoms with Gasteiger partial charge in [-0.05, 0) is 52.4 Å². The first kappa shape index (κ1) is 29.0. The van der Waals surface area contributed by atoms with Gasteiger partial charge >= 0.3 is 30.0 Å². The van der Waals surface area contributed by atoms with E-state index >= 15 is 0 Å². The van der Waals surface area contributed by atoms with Crippen LogP contribution in [-0.2, 0) is 57.6 Å². The van der Waals surface area contributed by atoms with Gasteiger partial charge in [0.05, 0.1) is 0 Å². The molecular weight excluding hydrogens is 484 g/mol. The highest BCUT2D eigenvalue weighted by Crippen LogP contribution is 2.29. The molecule has 0 radical (unpaired) electrons. The maximum Gasteiger partial charge on any atom is 0.512 e. The molecule has 204 valence electrons. The molecule has 2 saturated heterocycles. The van der Waals surface area contributed by atoms with Gasteiger partial charge in [-0.1, -0.05) is 27.7 Å². The molecule has 2 aliphatic heterocycles. The van der Waals surface area contributed by atoms with Crippen molar-refractivity contribution in [2.75, 3.05) is 0 Å². The van der Waals surface area contributed by atoms with E-state index in [2.05, 4.69) is 19.6 Å². The van der Waals surface area contributed by atoms with Crippen LogP contribution in [0.25, 0.3) is 0 Å². The minimum Gasteiger partial charge on any atom is -0.432 e. The molecule has 2 rings (SSSR count). The standard InChI is InChI=1S/C23H34O13/c1-11(2)9-17(21-33-34-21)19(24)29-13(5)27-15(7)31-23(26)32-16(8)28-14(6)30-20(25)18(10-12(3)4)22-35-36-22/h11-16H,9-10H2,1-8H3. The second kappa shape index (κ2) is 13.2. The Morgan fingerprint density at radius 2 is 0.861 bits per heavy atom. The van der Waals surface area contributed by atoms with Crippen LogP contribution < -0.4 is 0 Å². The van der Waals surface area contributed by atoms with Gasteiger partial charge in [-0.15, -0.1) is 0 Å². The molecule has 36 heavy (non-hydrogen) atoms. The van der Waals surface area contributed by atoms with Gasteiger partial charge in [-0.25, -0.2) is 33.9 Å². The lowest BCUT2D eigenvalue weighted by molar-refractivity contribution is -0.234. The van der Waals surface area contributed by atoms with E-state index < -0.39 is 43.3 Å². The molecule has 2 fully saturated rings. The van der Waals surface area contributed by atoms with E-state index in [9.17, 15) is 14.4 Å². The number of hydrogen-bond acceptors (Lipinski definition) is 13. The van der Waals surface area contributed by atoms with Crippen molar-refractivity contribution < 1.29 is 62.4 Å². The maximum atomic E-state index is 12.3.